The molecule has 0 aliphatic rings. The van der Waals surface area contributed by atoms with Crippen molar-refractivity contribution >= 4 is 49.7 Å². The first-order chi connectivity index (χ1) is 6.72. The topological polar surface area (TPSA) is 49.8 Å². The summed E-state index contributed by atoms with van der Waals surface area (Å²) in [6.07, 6.45) is 0.385. The molecule has 4 heteroatoms. The van der Waals surface area contributed by atoms with Crippen molar-refractivity contribution in [2.75, 3.05) is 5.73 Å². The zero-order valence-electron chi connectivity index (χ0n) is 7.25. The Labute approximate surface area is 99.5 Å². The van der Waals surface area contributed by atoms with Crippen molar-refractivity contribution in [3.05, 3.63) is 26.6 Å². The third-order valence-electron chi connectivity index (χ3n) is 2.05. The molecule has 0 saturated heterocycles. The lowest BCUT2D eigenvalue weighted by atomic mass is 10.1. The molecule has 0 spiro atoms. The van der Waals surface area contributed by atoms with E-state index in [1.807, 2.05) is 12.1 Å². The van der Waals surface area contributed by atoms with E-state index in [1.54, 1.807) is 11.3 Å². The van der Waals surface area contributed by atoms with Crippen molar-refractivity contribution in [1.29, 1.82) is 5.26 Å². The first-order valence-corrected chi connectivity index (χ1v) is 5.95. The van der Waals surface area contributed by atoms with Gasteiger partial charge in [0, 0.05) is 0 Å². The number of hydrogen-bond acceptors (Lipinski definition) is 3. The highest BCUT2D eigenvalue weighted by atomic mass is 127. The van der Waals surface area contributed by atoms with E-state index < -0.39 is 0 Å². The summed E-state index contributed by atoms with van der Waals surface area (Å²) >= 11 is 3.95. The molecular formula is C10H7IN2S. The second-order valence-electron chi connectivity index (χ2n) is 2.94. The predicted octanol–water partition coefficient (Wildman–Crippen LogP) is 3.15. The zero-order valence-corrected chi connectivity index (χ0v) is 10.2. The van der Waals surface area contributed by atoms with Crippen LogP contribution in [0.1, 0.15) is 5.56 Å². The van der Waals surface area contributed by atoms with Gasteiger partial charge in [0.2, 0.25) is 0 Å². The lowest BCUT2D eigenvalue weighted by Crippen LogP contribution is -1.92. The molecule has 0 unspecified atom stereocenters. The van der Waals surface area contributed by atoms with Crippen LogP contribution >= 0.6 is 33.9 Å². The van der Waals surface area contributed by atoms with Crippen LogP contribution in [0.4, 0.5) is 5.69 Å². The van der Waals surface area contributed by atoms with Crippen molar-refractivity contribution in [3.8, 4) is 6.07 Å². The highest BCUT2D eigenvalue weighted by molar-refractivity contribution is 14.1. The fraction of sp³-hybridized carbons (Fsp3) is 0.100. The molecule has 2 N–H and O–H groups in total. The van der Waals surface area contributed by atoms with Crippen LogP contribution in [0.25, 0.3) is 10.1 Å². The first-order valence-electron chi connectivity index (χ1n) is 4.05. The average molecular weight is 314 g/mol. The van der Waals surface area contributed by atoms with Crippen molar-refractivity contribution in [2.45, 2.75) is 6.42 Å². The summed E-state index contributed by atoms with van der Waals surface area (Å²) in [5, 5.41) is 9.78. The number of anilines is 1. The minimum Gasteiger partial charge on any atom is -0.397 e. The van der Waals surface area contributed by atoms with Crippen LogP contribution in [0.15, 0.2) is 18.2 Å². The standard InChI is InChI=1S/C10H7IN2S/c11-8-5-7-2-1-6(3-4-12)9(13)10(7)14-8/h1-2,5H,3,13H2. The van der Waals surface area contributed by atoms with E-state index in [4.69, 9.17) is 11.0 Å². The summed E-state index contributed by atoms with van der Waals surface area (Å²) in [6.45, 7) is 0. The van der Waals surface area contributed by atoms with Crippen LogP contribution in [0.5, 0.6) is 0 Å². The molecule has 1 aromatic carbocycles. The van der Waals surface area contributed by atoms with Crippen LogP contribution in [-0.4, -0.2) is 0 Å². The van der Waals surface area contributed by atoms with E-state index in [-0.39, 0.29) is 0 Å². The maximum atomic E-state index is 8.62. The molecule has 70 valence electrons. The van der Waals surface area contributed by atoms with Gasteiger partial charge in [0.05, 0.1) is 25.8 Å². The summed E-state index contributed by atoms with van der Waals surface area (Å²) in [5.41, 5.74) is 7.66. The Morgan fingerprint density at radius 2 is 2.29 bits per heavy atom. The Kier molecular flexibility index (Phi) is 2.61. The molecule has 1 heterocycles. The Balaban J connectivity index is 2.69. The third kappa shape index (κ3) is 1.57. The summed E-state index contributed by atoms with van der Waals surface area (Å²) in [6, 6.07) is 8.18. The van der Waals surface area contributed by atoms with E-state index in [9.17, 15) is 0 Å². The minimum absolute atomic E-state index is 0.385. The molecular weight excluding hydrogens is 307 g/mol. The molecule has 0 fully saturated rings. The lowest BCUT2D eigenvalue weighted by molar-refractivity contribution is 1.28. The van der Waals surface area contributed by atoms with Gasteiger partial charge < -0.3 is 5.73 Å². The monoisotopic (exact) mass is 314 g/mol. The Hall–Kier alpha value is -0.800. The smallest absolute Gasteiger partial charge is 0.0670 e. The number of nitrogens with two attached hydrogens (primary N) is 1. The maximum Gasteiger partial charge on any atom is 0.0670 e. The number of fused-ring (bicyclic) bond motifs is 1. The largest absolute Gasteiger partial charge is 0.397 e. The summed E-state index contributed by atoms with van der Waals surface area (Å²) in [4.78, 5) is 0. The van der Waals surface area contributed by atoms with Gasteiger partial charge in [-0.1, -0.05) is 12.1 Å². The van der Waals surface area contributed by atoms with E-state index in [2.05, 4.69) is 34.7 Å². The normalized spacial score (nSPS) is 10.3. The number of nitrogens with zero attached hydrogens (tertiary/aromatic N) is 1. The first kappa shape index (κ1) is 9.74. The van der Waals surface area contributed by atoms with Gasteiger partial charge in [0.25, 0.3) is 0 Å². The number of halogens is 1. The summed E-state index contributed by atoms with van der Waals surface area (Å²) in [5.74, 6) is 0. The number of benzene rings is 1. The molecule has 0 atom stereocenters. The molecule has 1 aromatic heterocycles. The second kappa shape index (κ2) is 3.75. The molecule has 0 aliphatic carbocycles. The van der Waals surface area contributed by atoms with Crippen molar-refractivity contribution in [3.63, 3.8) is 0 Å². The molecule has 0 amide bonds. The second-order valence-corrected chi connectivity index (χ2v) is 5.89. The van der Waals surface area contributed by atoms with Gasteiger partial charge in [-0.2, -0.15) is 5.26 Å². The van der Waals surface area contributed by atoms with Crippen LogP contribution in [0.3, 0.4) is 0 Å². The number of nitrogen functional groups attached to an aromatic ring is 1. The molecule has 2 aromatic rings. The number of hydrogen-bond donors (Lipinski definition) is 1. The van der Waals surface area contributed by atoms with Gasteiger partial charge in [0.1, 0.15) is 0 Å². The minimum atomic E-state index is 0.385. The van der Waals surface area contributed by atoms with E-state index in [0.717, 1.165) is 16.0 Å². The highest BCUT2D eigenvalue weighted by Crippen LogP contribution is 2.33. The fourth-order valence-corrected chi connectivity index (χ4v) is 3.24. The molecule has 0 bridgehead atoms. The molecule has 2 rings (SSSR count). The molecule has 0 saturated carbocycles. The average Bonchev–Trinajstić information content (AvgIpc) is 2.52. The van der Waals surface area contributed by atoms with Crippen LogP contribution in [-0.2, 0) is 6.42 Å². The Morgan fingerprint density at radius 3 is 3.00 bits per heavy atom. The quantitative estimate of drug-likeness (QED) is 0.649. The number of rotatable bonds is 1. The number of nitriles is 1. The van der Waals surface area contributed by atoms with E-state index in [0.29, 0.717) is 6.42 Å². The maximum absolute atomic E-state index is 8.62. The van der Waals surface area contributed by atoms with Crippen molar-refractivity contribution in [1.82, 2.24) is 0 Å². The van der Waals surface area contributed by atoms with E-state index in [1.165, 1.54) is 8.27 Å². The third-order valence-corrected chi connectivity index (χ3v) is 4.00. The Morgan fingerprint density at radius 1 is 1.50 bits per heavy atom. The van der Waals surface area contributed by atoms with Crippen LogP contribution < -0.4 is 5.73 Å². The summed E-state index contributed by atoms with van der Waals surface area (Å²) in [7, 11) is 0. The fourth-order valence-electron chi connectivity index (χ4n) is 1.37. The lowest BCUT2D eigenvalue weighted by Gasteiger charge is -2.01. The highest BCUT2D eigenvalue weighted by Gasteiger charge is 2.06. The van der Waals surface area contributed by atoms with Gasteiger partial charge >= 0.3 is 0 Å². The van der Waals surface area contributed by atoms with Crippen molar-refractivity contribution < 1.29 is 0 Å². The van der Waals surface area contributed by atoms with Gasteiger partial charge in [-0.15, -0.1) is 11.3 Å². The van der Waals surface area contributed by atoms with Crippen molar-refractivity contribution in [2.24, 2.45) is 0 Å². The zero-order chi connectivity index (χ0) is 10.1. The van der Waals surface area contributed by atoms with Crippen LogP contribution in [0.2, 0.25) is 0 Å². The van der Waals surface area contributed by atoms with E-state index >= 15 is 0 Å². The van der Waals surface area contributed by atoms with Gasteiger partial charge in [-0.3, -0.25) is 0 Å². The molecule has 2 nitrogen and oxygen atoms in total. The molecule has 0 radical (unpaired) electrons. The summed E-state index contributed by atoms with van der Waals surface area (Å²) < 4.78 is 2.32. The SMILES string of the molecule is N#CCc1ccc2cc(I)sc2c1N. The molecule has 0 aliphatic heterocycles. The van der Waals surface area contributed by atoms with Crippen LogP contribution in [0, 0.1) is 14.2 Å². The van der Waals surface area contributed by atoms with Gasteiger partial charge in [-0.05, 0) is 39.6 Å². The number of thiophene rings is 1. The van der Waals surface area contributed by atoms with Gasteiger partial charge in [0.15, 0.2) is 0 Å². The predicted molar refractivity (Wildman–Crippen MR) is 68.3 cm³/mol. The van der Waals surface area contributed by atoms with Gasteiger partial charge in [-0.25, -0.2) is 0 Å². The Bertz CT molecular complexity index is 525. The molecule has 14 heavy (non-hydrogen) atoms.